The SMILES string of the molecule is CC1(C)C/C=C\C=C/Cc2ccc(-c3c4ccccc4c(-c4ccc(-c5ccc(-c6c7ccccc7c(-c7ccccc7)c7ccccc67)c6ccccc56)cc4)c4ccccc34)cc21. The summed E-state index contributed by atoms with van der Waals surface area (Å²) in [7, 11) is 0. The van der Waals surface area contributed by atoms with Crippen LogP contribution in [0, 0.1) is 0 Å². The van der Waals surface area contributed by atoms with Gasteiger partial charge in [0.15, 0.2) is 0 Å². The molecule has 0 saturated carbocycles. The zero-order valence-electron chi connectivity index (χ0n) is 36.9. The fraction of sp³-hybridized carbons (Fsp3) is 0.0769. The molecular weight excluding hydrogens is 781 g/mol. The molecule has 1 aliphatic rings. The standard InChI is InChI=1S/C65H48/c1-65(2)41-19-4-3-6-20-44-35-38-47(42-60(44)65)63-53-27-13-11-25-51(53)62(52-26-12-14-28-54(52)63)46-36-33-43(34-37-46)48-39-40-59(50-24-10-9-23-49(48)50)64-57-31-17-15-29-55(57)61(45-21-7-5-8-22-45)56-30-16-18-32-58(56)64/h3-19,21-40,42H,20,41H2,1-2H3/b6-3-,19-4-. The van der Waals surface area contributed by atoms with E-state index in [9.17, 15) is 0 Å². The molecule has 0 bridgehead atoms. The Morgan fingerprint density at radius 2 is 0.692 bits per heavy atom. The molecule has 0 aliphatic heterocycles. The van der Waals surface area contributed by atoms with Crippen LogP contribution in [0.3, 0.4) is 0 Å². The van der Waals surface area contributed by atoms with Crippen molar-refractivity contribution in [1.82, 2.24) is 0 Å². The molecule has 308 valence electrons. The summed E-state index contributed by atoms with van der Waals surface area (Å²) in [4.78, 5) is 0. The van der Waals surface area contributed by atoms with Crippen molar-refractivity contribution in [3.8, 4) is 55.6 Å². The van der Waals surface area contributed by atoms with Crippen LogP contribution >= 0.6 is 0 Å². The molecule has 0 unspecified atom stereocenters. The van der Waals surface area contributed by atoms with E-state index in [1.54, 1.807) is 0 Å². The lowest BCUT2D eigenvalue weighted by molar-refractivity contribution is 0.530. The molecule has 0 saturated heterocycles. The van der Waals surface area contributed by atoms with Crippen molar-refractivity contribution >= 4 is 53.9 Å². The molecule has 0 heterocycles. The molecule has 0 nitrogen and oxygen atoms in total. The Morgan fingerprint density at radius 3 is 1.23 bits per heavy atom. The lowest BCUT2D eigenvalue weighted by Gasteiger charge is -2.28. The van der Waals surface area contributed by atoms with Crippen molar-refractivity contribution in [2.75, 3.05) is 0 Å². The summed E-state index contributed by atoms with van der Waals surface area (Å²) in [6.45, 7) is 4.78. The first-order valence-corrected chi connectivity index (χ1v) is 23.0. The Kier molecular flexibility index (Phi) is 9.42. The number of fused-ring (bicyclic) bond motifs is 6. The van der Waals surface area contributed by atoms with Crippen LogP contribution in [-0.2, 0) is 11.8 Å². The first kappa shape index (κ1) is 38.8. The number of hydrogen-bond acceptors (Lipinski definition) is 0. The Bertz CT molecular complexity index is 3600. The van der Waals surface area contributed by atoms with Gasteiger partial charge in [-0.2, -0.15) is 0 Å². The summed E-state index contributed by atoms with van der Waals surface area (Å²) in [5, 5.41) is 12.7. The third kappa shape index (κ3) is 6.51. The molecule has 0 aromatic heterocycles. The molecule has 0 N–H and O–H groups in total. The highest BCUT2D eigenvalue weighted by molar-refractivity contribution is 6.25. The van der Waals surface area contributed by atoms with Crippen molar-refractivity contribution < 1.29 is 0 Å². The molecular formula is C65H48. The monoisotopic (exact) mass is 828 g/mol. The van der Waals surface area contributed by atoms with Gasteiger partial charge in [0.25, 0.3) is 0 Å². The highest BCUT2D eigenvalue weighted by atomic mass is 14.3. The zero-order valence-corrected chi connectivity index (χ0v) is 36.9. The van der Waals surface area contributed by atoms with Crippen molar-refractivity contribution in [1.29, 1.82) is 0 Å². The van der Waals surface area contributed by atoms with Crippen LogP contribution in [0.4, 0.5) is 0 Å². The van der Waals surface area contributed by atoms with Crippen LogP contribution in [0.5, 0.6) is 0 Å². The Labute approximate surface area is 381 Å². The summed E-state index contributed by atoms with van der Waals surface area (Å²) in [5.74, 6) is 0. The first-order valence-electron chi connectivity index (χ1n) is 23.0. The molecule has 0 amide bonds. The van der Waals surface area contributed by atoms with E-state index in [1.807, 2.05) is 0 Å². The minimum absolute atomic E-state index is 0.0176. The van der Waals surface area contributed by atoms with Gasteiger partial charge in [-0.1, -0.05) is 244 Å². The number of allylic oxidation sites excluding steroid dienone is 4. The largest absolute Gasteiger partial charge is 0.0837 e. The third-order valence-corrected chi connectivity index (χ3v) is 14.1. The lowest BCUT2D eigenvalue weighted by atomic mass is 9.76. The molecule has 65 heavy (non-hydrogen) atoms. The molecule has 1 aliphatic carbocycles. The van der Waals surface area contributed by atoms with Gasteiger partial charge in [0.2, 0.25) is 0 Å². The van der Waals surface area contributed by atoms with E-state index in [2.05, 4.69) is 244 Å². The van der Waals surface area contributed by atoms with E-state index >= 15 is 0 Å². The van der Waals surface area contributed by atoms with Crippen LogP contribution in [0.25, 0.3) is 109 Å². The van der Waals surface area contributed by atoms with Gasteiger partial charge >= 0.3 is 0 Å². The second kappa shape index (κ2) is 15.8. The van der Waals surface area contributed by atoms with Gasteiger partial charge in [0.1, 0.15) is 0 Å². The normalized spacial score (nSPS) is 14.6. The van der Waals surface area contributed by atoms with Crippen LogP contribution in [0.1, 0.15) is 31.4 Å². The van der Waals surface area contributed by atoms with Gasteiger partial charge in [0.05, 0.1) is 0 Å². The van der Waals surface area contributed by atoms with Crippen molar-refractivity contribution in [2.45, 2.75) is 32.1 Å². The van der Waals surface area contributed by atoms with Crippen molar-refractivity contribution in [2.24, 2.45) is 0 Å². The van der Waals surface area contributed by atoms with Crippen LogP contribution in [0.2, 0.25) is 0 Å². The van der Waals surface area contributed by atoms with Gasteiger partial charge in [-0.3, -0.25) is 0 Å². The molecule has 0 radical (unpaired) electrons. The lowest BCUT2D eigenvalue weighted by Crippen LogP contribution is -2.18. The number of benzene rings is 11. The Hall–Kier alpha value is -7.80. The average molecular weight is 829 g/mol. The van der Waals surface area contributed by atoms with Crippen molar-refractivity contribution in [3.05, 3.63) is 242 Å². The topological polar surface area (TPSA) is 0 Å². The van der Waals surface area contributed by atoms with E-state index in [0.29, 0.717) is 0 Å². The van der Waals surface area contributed by atoms with E-state index in [0.717, 1.165) is 12.8 Å². The quantitative estimate of drug-likeness (QED) is 0.152. The maximum atomic E-state index is 2.49. The maximum absolute atomic E-state index is 2.49. The summed E-state index contributed by atoms with van der Waals surface area (Å²) in [6.07, 6.45) is 10.9. The molecule has 0 spiro atoms. The fourth-order valence-corrected chi connectivity index (χ4v) is 11.0. The fourth-order valence-electron chi connectivity index (χ4n) is 11.0. The van der Waals surface area contributed by atoms with Gasteiger partial charge in [-0.15, -0.1) is 0 Å². The molecule has 0 heteroatoms. The second-order valence-corrected chi connectivity index (χ2v) is 18.4. The molecule has 11 aromatic rings. The van der Waals surface area contributed by atoms with E-state index in [-0.39, 0.29) is 5.41 Å². The van der Waals surface area contributed by atoms with Gasteiger partial charge in [0, 0.05) is 0 Å². The third-order valence-electron chi connectivity index (χ3n) is 14.1. The van der Waals surface area contributed by atoms with E-state index in [4.69, 9.17) is 0 Å². The van der Waals surface area contributed by atoms with Crippen LogP contribution < -0.4 is 0 Å². The molecule has 0 atom stereocenters. The number of hydrogen-bond donors (Lipinski definition) is 0. The summed E-state index contributed by atoms with van der Waals surface area (Å²) in [6, 6.07) is 77.1. The highest BCUT2D eigenvalue weighted by Crippen LogP contribution is 2.48. The van der Waals surface area contributed by atoms with E-state index < -0.39 is 0 Å². The number of rotatable bonds is 5. The highest BCUT2D eigenvalue weighted by Gasteiger charge is 2.25. The molecule has 0 fully saturated rings. The van der Waals surface area contributed by atoms with Gasteiger partial charge in [-0.25, -0.2) is 0 Å². The predicted molar refractivity (Wildman–Crippen MR) is 281 cm³/mol. The first-order chi connectivity index (χ1) is 32.0. The minimum atomic E-state index is 0.0176. The molecule has 11 aromatic carbocycles. The molecule has 12 rings (SSSR count). The summed E-state index contributed by atoms with van der Waals surface area (Å²) in [5.41, 5.74) is 15.5. The maximum Gasteiger partial charge on any atom is -0.00201 e. The van der Waals surface area contributed by atoms with Crippen LogP contribution in [0.15, 0.2) is 231 Å². The smallest absolute Gasteiger partial charge is 0.00201 e. The van der Waals surface area contributed by atoms with Crippen LogP contribution in [-0.4, -0.2) is 0 Å². The van der Waals surface area contributed by atoms with Crippen molar-refractivity contribution in [3.63, 3.8) is 0 Å². The predicted octanol–water partition coefficient (Wildman–Crippen LogP) is 18.1. The zero-order chi connectivity index (χ0) is 43.5. The van der Waals surface area contributed by atoms with E-state index in [1.165, 1.54) is 121 Å². The Morgan fingerprint density at radius 1 is 0.308 bits per heavy atom. The second-order valence-electron chi connectivity index (χ2n) is 18.4. The summed E-state index contributed by atoms with van der Waals surface area (Å²) < 4.78 is 0. The summed E-state index contributed by atoms with van der Waals surface area (Å²) >= 11 is 0. The average Bonchev–Trinajstić information content (AvgIpc) is 3.43. The van der Waals surface area contributed by atoms with Gasteiger partial charge in [-0.05, 0) is 139 Å². The van der Waals surface area contributed by atoms with Gasteiger partial charge < -0.3 is 0 Å². The minimum Gasteiger partial charge on any atom is -0.0837 e. The Balaban J connectivity index is 0.997.